The largest absolute Gasteiger partial charge is 0.393 e. The van der Waals surface area contributed by atoms with Crippen molar-refractivity contribution in [2.24, 2.45) is 11.0 Å². The number of rotatable bonds is 3. The number of hydrogen-bond acceptors (Lipinski definition) is 7. The number of hydrogen-bond donors (Lipinski definition) is 3. The number of nitrogens with zero attached hydrogens (tertiary/aromatic N) is 5. The molecule has 0 aliphatic carbocycles. The van der Waals surface area contributed by atoms with E-state index in [0.29, 0.717) is 0 Å². The Morgan fingerprint density at radius 1 is 1.71 bits per heavy atom. The lowest BCUT2D eigenvalue weighted by Crippen LogP contribution is -2.42. The Labute approximate surface area is 125 Å². The summed E-state index contributed by atoms with van der Waals surface area (Å²) >= 11 is 0. The van der Waals surface area contributed by atoms with Crippen LogP contribution in [0.25, 0.3) is 10.4 Å². The van der Waals surface area contributed by atoms with Crippen molar-refractivity contribution in [3.63, 3.8) is 0 Å². The molecule has 2 heterocycles. The smallest absolute Gasteiger partial charge is 0.351 e. The molecule has 1 aliphatic rings. The van der Waals surface area contributed by atoms with Gasteiger partial charge in [0, 0.05) is 17.0 Å². The lowest BCUT2D eigenvalue weighted by molar-refractivity contribution is -0.124. The average Bonchev–Trinajstić information content (AvgIpc) is 2.65. The lowest BCUT2D eigenvalue weighted by atomic mass is 9.98. The van der Waals surface area contributed by atoms with Crippen molar-refractivity contribution in [3.8, 4) is 0 Å². The first-order chi connectivity index (χ1) is 9.45. The maximum Gasteiger partial charge on any atom is 0.351 e. The molecule has 11 heteroatoms. The summed E-state index contributed by atoms with van der Waals surface area (Å²) in [6.07, 6.45) is -0.830. The second-order valence-corrected chi connectivity index (χ2v) is 4.55. The molecule has 4 N–H and O–H groups in total. The highest BCUT2D eigenvalue weighted by Crippen LogP contribution is 2.41. The third-order valence-corrected chi connectivity index (χ3v) is 3.30. The van der Waals surface area contributed by atoms with Gasteiger partial charge < -0.3 is 20.7 Å². The van der Waals surface area contributed by atoms with Crippen molar-refractivity contribution in [2.75, 3.05) is 12.3 Å². The molecule has 1 aromatic heterocycles. The Kier molecular flexibility index (Phi) is 5.15. The van der Waals surface area contributed by atoms with Crippen molar-refractivity contribution in [1.29, 1.82) is 0 Å². The van der Waals surface area contributed by atoms with E-state index < -0.39 is 36.3 Å². The summed E-state index contributed by atoms with van der Waals surface area (Å²) in [6.45, 7) is 0.888. The third-order valence-electron chi connectivity index (χ3n) is 3.30. The van der Waals surface area contributed by atoms with Crippen LogP contribution in [0.3, 0.4) is 0 Å². The molecule has 1 saturated heterocycles. The molecule has 1 fully saturated rings. The highest BCUT2D eigenvalue weighted by atomic mass is 35.5. The van der Waals surface area contributed by atoms with E-state index in [1.54, 1.807) is 6.92 Å². The van der Waals surface area contributed by atoms with Gasteiger partial charge in [0.2, 0.25) is 0 Å². The molecule has 0 unspecified atom stereocenters. The first-order valence-electron chi connectivity index (χ1n) is 5.83. The van der Waals surface area contributed by atoms with Crippen molar-refractivity contribution < 1.29 is 14.9 Å². The minimum atomic E-state index is -1.82. The van der Waals surface area contributed by atoms with Gasteiger partial charge in [0.15, 0.2) is 5.72 Å². The summed E-state index contributed by atoms with van der Waals surface area (Å²) < 4.78 is 6.55. The van der Waals surface area contributed by atoms with E-state index in [2.05, 4.69) is 15.0 Å². The van der Waals surface area contributed by atoms with Crippen LogP contribution in [0.15, 0.2) is 22.2 Å². The predicted octanol–water partition coefficient (Wildman–Crippen LogP) is -0.228. The van der Waals surface area contributed by atoms with Crippen LogP contribution in [0.4, 0.5) is 5.82 Å². The Bertz CT molecular complexity index is 618. The zero-order valence-corrected chi connectivity index (χ0v) is 11.8. The Morgan fingerprint density at radius 2 is 2.38 bits per heavy atom. The monoisotopic (exact) mass is 318 g/mol. The Morgan fingerprint density at radius 3 is 2.90 bits per heavy atom. The second-order valence-electron chi connectivity index (χ2n) is 4.55. The third kappa shape index (κ3) is 2.80. The van der Waals surface area contributed by atoms with E-state index in [1.165, 1.54) is 12.3 Å². The summed E-state index contributed by atoms with van der Waals surface area (Å²) in [7, 11) is 0. The van der Waals surface area contributed by atoms with Crippen LogP contribution in [0.2, 0.25) is 0 Å². The van der Waals surface area contributed by atoms with Gasteiger partial charge in [-0.05, 0) is 11.6 Å². The molecule has 4 atom stereocenters. The number of azide groups is 1. The average molecular weight is 319 g/mol. The number of aromatic nitrogens is 2. The number of nitrogens with two attached hydrogens (primary N) is 1. The highest BCUT2D eigenvalue weighted by Gasteiger charge is 2.53. The van der Waals surface area contributed by atoms with Crippen LogP contribution < -0.4 is 11.4 Å². The van der Waals surface area contributed by atoms with E-state index in [1.807, 2.05) is 0 Å². The summed E-state index contributed by atoms with van der Waals surface area (Å²) in [5, 5.41) is 22.8. The van der Waals surface area contributed by atoms with Crippen LogP contribution in [0, 0.1) is 5.92 Å². The van der Waals surface area contributed by atoms with Gasteiger partial charge in [0.05, 0.1) is 12.7 Å². The molecular weight excluding hydrogens is 304 g/mol. The van der Waals surface area contributed by atoms with Gasteiger partial charge in [-0.2, -0.15) is 4.98 Å². The van der Waals surface area contributed by atoms with Crippen LogP contribution in [0.1, 0.15) is 13.2 Å². The molecule has 0 amide bonds. The zero-order valence-electron chi connectivity index (χ0n) is 11.0. The van der Waals surface area contributed by atoms with Gasteiger partial charge in [-0.15, -0.1) is 12.4 Å². The Balaban J connectivity index is 0.00000220. The molecule has 0 spiro atoms. The summed E-state index contributed by atoms with van der Waals surface area (Å²) in [4.78, 5) is 17.9. The van der Waals surface area contributed by atoms with Crippen LogP contribution >= 0.6 is 12.4 Å². The predicted molar refractivity (Wildman–Crippen MR) is 74.4 cm³/mol. The van der Waals surface area contributed by atoms with Crippen molar-refractivity contribution in [3.05, 3.63) is 33.2 Å². The summed E-state index contributed by atoms with van der Waals surface area (Å²) in [5.74, 6) is -0.545. The molecule has 116 valence electrons. The first kappa shape index (κ1) is 17.2. The number of ether oxygens (including phenoxy) is 1. The van der Waals surface area contributed by atoms with Crippen LogP contribution in [-0.4, -0.2) is 38.2 Å². The van der Waals surface area contributed by atoms with Crippen molar-refractivity contribution in [1.82, 2.24) is 9.55 Å². The first-order valence-corrected chi connectivity index (χ1v) is 5.83. The fourth-order valence-corrected chi connectivity index (χ4v) is 2.20. The highest BCUT2D eigenvalue weighted by molar-refractivity contribution is 5.85. The lowest BCUT2D eigenvalue weighted by Gasteiger charge is -2.24. The summed E-state index contributed by atoms with van der Waals surface area (Å²) in [5.41, 5.74) is 11.4. The number of aliphatic hydroxyl groups excluding tert-OH is 2. The van der Waals surface area contributed by atoms with E-state index in [4.69, 9.17) is 16.0 Å². The number of anilines is 1. The standard InChI is InChI=1S/C10H14N6O4.ClH/c1-5-7(18)10(4-17,14-15-12)20-8(5)16-3-2-6(11)13-9(16)19;/h2-3,5,7-8,17-18H,4H2,1H3,(H2,11,13,19);1H/t5-,7-,8+,10+;/m0./s1. The van der Waals surface area contributed by atoms with Crippen LogP contribution in [0.5, 0.6) is 0 Å². The molecule has 1 aliphatic heterocycles. The van der Waals surface area contributed by atoms with Gasteiger partial charge in [-0.3, -0.25) is 4.57 Å². The zero-order chi connectivity index (χ0) is 14.9. The van der Waals surface area contributed by atoms with Crippen molar-refractivity contribution >= 4 is 18.2 Å². The topological polar surface area (TPSA) is 159 Å². The molecule has 2 rings (SSSR count). The van der Waals surface area contributed by atoms with Gasteiger partial charge in [-0.25, -0.2) is 4.79 Å². The minimum absolute atomic E-state index is 0. The molecule has 21 heavy (non-hydrogen) atoms. The molecule has 1 aromatic rings. The normalized spacial score (nSPS) is 31.3. The van der Waals surface area contributed by atoms with Gasteiger partial charge in [-0.1, -0.05) is 12.0 Å². The van der Waals surface area contributed by atoms with E-state index >= 15 is 0 Å². The maximum absolute atomic E-state index is 11.8. The second kappa shape index (κ2) is 6.29. The van der Waals surface area contributed by atoms with E-state index in [0.717, 1.165) is 4.57 Å². The summed E-state index contributed by atoms with van der Waals surface area (Å²) in [6, 6.07) is 1.40. The molecule has 0 saturated carbocycles. The number of nitrogen functional groups attached to an aromatic ring is 1. The number of aliphatic hydroxyl groups is 2. The quantitative estimate of drug-likeness (QED) is 0.396. The number of halogens is 1. The molecule has 10 nitrogen and oxygen atoms in total. The SMILES string of the molecule is C[C@@H]1[C@H](n2ccc(N)nc2=O)O[C@@](CO)(N=[N+]=[N-])[C@H]1O.Cl. The van der Waals surface area contributed by atoms with Gasteiger partial charge >= 0.3 is 5.69 Å². The van der Waals surface area contributed by atoms with E-state index in [9.17, 15) is 15.0 Å². The molecular formula is C10H15ClN6O4. The van der Waals surface area contributed by atoms with Crippen molar-refractivity contribution in [2.45, 2.75) is 25.0 Å². The van der Waals surface area contributed by atoms with Gasteiger partial charge in [0.25, 0.3) is 0 Å². The molecule has 0 bridgehead atoms. The minimum Gasteiger partial charge on any atom is -0.393 e. The van der Waals surface area contributed by atoms with E-state index in [-0.39, 0.29) is 18.2 Å². The fraction of sp³-hybridized carbons (Fsp3) is 0.600. The molecule has 0 aromatic carbocycles. The Hall–Kier alpha value is -1.84. The molecule has 0 radical (unpaired) electrons. The van der Waals surface area contributed by atoms with Crippen LogP contribution in [-0.2, 0) is 4.74 Å². The van der Waals surface area contributed by atoms with Gasteiger partial charge in [0.1, 0.15) is 12.0 Å². The maximum atomic E-state index is 11.8. The fourth-order valence-electron chi connectivity index (χ4n) is 2.20.